The van der Waals surface area contributed by atoms with Crippen molar-refractivity contribution in [1.82, 2.24) is 0 Å². The molecule has 0 heterocycles. The SMILES string of the molecule is CC(=O)O[C@]1(C)CCC2C(C)(C)[C@@H](O)[C@@H](O)C[C@]2(C)[C@H]1CC(=O)O. The molecule has 138 valence electrons. The van der Waals surface area contributed by atoms with E-state index in [0.29, 0.717) is 19.3 Å². The van der Waals surface area contributed by atoms with Crippen molar-refractivity contribution in [3.8, 4) is 0 Å². The van der Waals surface area contributed by atoms with Crippen LogP contribution in [0.25, 0.3) is 0 Å². The van der Waals surface area contributed by atoms with Crippen molar-refractivity contribution in [2.24, 2.45) is 22.7 Å². The summed E-state index contributed by atoms with van der Waals surface area (Å²) in [4.78, 5) is 23.1. The zero-order valence-corrected chi connectivity index (χ0v) is 15.2. The lowest BCUT2D eigenvalue weighted by atomic mass is 9.44. The quantitative estimate of drug-likeness (QED) is 0.677. The van der Waals surface area contributed by atoms with Crippen molar-refractivity contribution in [3.05, 3.63) is 0 Å². The first kappa shape index (κ1) is 19.2. The van der Waals surface area contributed by atoms with Crippen LogP contribution in [0.5, 0.6) is 0 Å². The highest BCUT2D eigenvalue weighted by atomic mass is 16.6. The summed E-state index contributed by atoms with van der Waals surface area (Å²) in [5.41, 5.74) is -1.96. The van der Waals surface area contributed by atoms with Crippen molar-refractivity contribution >= 4 is 11.9 Å². The molecule has 6 heteroatoms. The number of ether oxygens (including phenoxy) is 1. The summed E-state index contributed by atoms with van der Waals surface area (Å²) in [5, 5.41) is 30.3. The molecule has 6 atom stereocenters. The van der Waals surface area contributed by atoms with Crippen molar-refractivity contribution in [3.63, 3.8) is 0 Å². The molecule has 2 rings (SSSR count). The van der Waals surface area contributed by atoms with Crippen molar-refractivity contribution < 1.29 is 29.6 Å². The van der Waals surface area contributed by atoms with Gasteiger partial charge in [0.15, 0.2) is 0 Å². The summed E-state index contributed by atoms with van der Waals surface area (Å²) in [6, 6.07) is 0. The minimum Gasteiger partial charge on any atom is -0.481 e. The number of carboxylic acids is 1. The number of aliphatic hydroxyl groups is 2. The Morgan fingerprint density at radius 2 is 1.75 bits per heavy atom. The summed E-state index contributed by atoms with van der Waals surface area (Å²) in [6.07, 6.45) is -0.326. The lowest BCUT2D eigenvalue weighted by Crippen LogP contribution is -2.65. The van der Waals surface area contributed by atoms with E-state index in [-0.39, 0.29) is 12.3 Å². The van der Waals surface area contributed by atoms with Crippen LogP contribution in [0.1, 0.15) is 60.3 Å². The molecule has 3 N–H and O–H groups in total. The second-order valence-electron chi connectivity index (χ2n) is 8.69. The second-order valence-corrected chi connectivity index (χ2v) is 8.69. The number of carbonyl (C=O) groups is 2. The molecule has 0 saturated heterocycles. The molecule has 0 aliphatic heterocycles. The molecule has 0 aromatic rings. The Morgan fingerprint density at radius 1 is 1.17 bits per heavy atom. The first-order valence-corrected chi connectivity index (χ1v) is 8.62. The molecule has 2 aliphatic carbocycles. The molecule has 1 unspecified atom stereocenters. The maximum Gasteiger partial charge on any atom is 0.303 e. The largest absolute Gasteiger partial charge is 0.481 e. The molecule has 6 nitrogen and oxygen atoms in total. The zero-order chi connectivity index (χ0) is 18.5. The van der Waals surface area contributed by atoms with E-state index in [1.54, 1.807) is 6.92 Å². The third-order valence-corrected chi connectivity index (χ3v) is 6.69. The molecule has 0 amide bonds. The summed E-state index contributed by atoms with van der Waals surface area (Å²) in [7, 11) is 0. The predicted octanol–water partition coefficient (Wildman–Crippen LogP) is 1.97. The minimum atomic E-state index is -0.946. The predicted molar refractivity (Wildman–Crippen MR) is 87.2 cm³/mol. The van der Waals surface area contributed by atoms with E-state index >= 15 is 0 Å². The van der Waals surface area contributed by atoms with Crippen LogP contribution in [-0.2, 0) is 14.3 Å². The first-order valence-electron chi connectivity index (χ1n) is 8.62. The van der Waals surface area contributed by atoms with Crippen molar-refractivity contribution in [2.45, 2.75) is 78.1 Å². The standard InChI is InChI=1S/C18H30O6/c1-10(19)24-18(5)7-6-12-16(2,3)15(23)11(20)9-17(12,4)13(18)8-14(21)22/h11-13,15,20,23H,6-9H2,1-5H3,(H,21,22)/t11-,12?,13+,15-,17-,18+/m0/s1. The molecule has 0 spiro atoms. The summed E-state index contributed by atoms with van der Waals surface area (Å²) < 4.78 is 5.59. The van der Waals surface area contributed by atoms with E-state index in [0.717, 1.165) is 0 Å². The van der Waals surface area contributed by atoms with Gasteiger partial charge in [-0.1, -0.05) is 20.8 Å². The number of hydrogen-bond acceptors (Lipinski definition) is 5. The Bertz CT molecular complexity index is 530. The van der Waals surface area contributed by atoms with Crippen LogP contribution in [0, 0.1) is 22.7 Å². The van der Waals surface area contributed by atoms with E-state index in [9.17, 15) is 24.9 Å². The monoisotopic (exact) mass is 342 g/mol. The van der Waals surface area contributed by atoms with Crippen LogP contribution in [0.2, 0.25) is 0 Å². The summed E-state index contributed by atoms with van der Waals surface area (Å²) in [6.45, 7) is 8.96. The fourth-order valence-corrected chi connectivity index (χ4v) is 5.72. The van der Waals surface area contributed by atoms with Crippen LogP contribution < -0.4 is 0 Å². The van der Waals surface area contributed by atoms with Gasteiger partial charge in [-0.15, -0.1) is 0 Å². The van der Waals surface area contributed by atoms with Crippen LogP contribution in [0.15, 0.2) is 0 Å². The number of esters is 1. The third-order valence-electron chi connectivity index (χ3n) is 6.69. The van der Waals surface area contributed by atoms with E-state index in [4.69, 9.17) is 4.74 Å². The van der Waals surface area contributed by atoms with E-state index < -0.39 is 46.5 Å². The maximum absolute atomic E-state index is 11.6. The highest BCUT2D eigenvalue weighted by molar-refractivity contribution is 5.68. The summed E-state index contributed by atoms with van der Waals surface area (Å²) in [5.74, 6) is -1.76. The first-order chi connectivity index (χ1) is 10.8. The van der Waals surface area contributed by atoms with Gasteiger partial charge in [0, 0.05) is 12.8 Å². The molecule has 2 fully saturated rings. The van der Waals surface area contributed by atoms with Gasteiger partial charge in [-0.3, -0.25) is 9.59 Å². The van der Waals surface area contributed by atoms with Gasteiger partial charge >= 0.3 is 11.9 Å². The Labute approximate surface area is 143 Å². The molecule has 2 aliphatic rings. The number of fused-ring (bicyclic) bond motifs is 1. The van der Waals surface area contributed by atoms with Gasteiger partial charge in [0.05, 0.1) is 18.6 Å². The molecule has 24 heavy (non-hydrogen) atoms. The third kappa shape index (κ3) is 2.94. The number of aliphatic hydroxyl groups excluding tert-OH is 2. The Balaban J connectivity index is 2.50. The lowest BCUT2D eigenvalue weighted by molar-refractivity contribution is -0.235. The normalized spacial score (nSPS) is 44.5. The molecule has 2 saturated carbocycles. The smallest absolute Gasteiger partial charge is 0.303 e. The van der Waals surface area contributed by atoms with E-state index in [1.807, 2.05) is 20.8 Å². The molecule has 0 radical (unpaired) electrons. The maximum atomic E-state index is 11.6. The molecular weight excluding hydrogens is 312 g/mol. The fourth-order valence-electron chi connectivity index (χ4n) is 5.72. The number of carboxylic acid groups (broad SMARTS) is 1. The molecule has 0 bridgehead atoms. The van der Waals surface area contributed by atoms with Crippen LogP contribution >= 0.6 is 0 Å². The van der Waals surface area contributed by atoms with Gasteiger partial charge in [-0.05, 0) is 42.9 Å². The number of aliphatic carboxylic acids is 1. The van der Waals surface area contributed by atoms with E-state index in [2.05, 4.69) is 0 Å². The number of carbonyl (C=O) groups excluding carboxylic acids is 1. The van der Waals surface area contributed by atoms with Gasteiger partial charge in [0.1, 0.15) is 5.60 Å². The topological polar surface area (TPSA) is 104 Å². The van der Waals surface area contributed by atoms with E-state index in [1.165, 1.54) is 6.92 Å². The van der Waals surface area contributed by atoms with Crippen LogP contribution in [-0.4, -0.2) is 45.1 Å². The van der Waals surface area contributed by atoms with Crippen LogP contribution in [0.4, 0.5) is 0 Å². The summed E-state index contributed by atoms with van der Waals surface area (Å²) >= 11 is 0. The number of hydrogen-bond donors (Lipinski definition) is 3. The molecule has 0 aromatic carbocycles. The Kier molecular flexibility index (Phi) is 4.79. The van der Waals surface area contributed by atoms with Crippen molar-refractivity contribution in [2.75, 3.05) is 0 Å². The lowest BCUT2D eigenvalue weighted by Gasteiger charge is -2.63. The Hall–Kier alpha value is -1.14. The average Bonchev–Trinajstić information content (AvgIpc) is 2.40. The zero-order valence-electron chi connectivity index (χ0n) is 15.2. The highest BCUT2D eigenvalue weighted by Crippen LogP contribution is 2.63. The molecule has 0 aromatic heterocycles. The van der Waals surface area contributed by atoms with Crippen LogP contribution in [0.3, 0.4) is 0 Å². The van der Waals surface area contributed by atoms with Gasteiger partial charge in [-0.2, -0.15) is 0 Å². The highest BCUT2D eigenvalue weighted by Gasteiger charge is 2.63. The van der Waals surface area contributed by atoms with Gasteiger partial charge in [0.25, 0.3) is 0 Å². The van der Waals surface area contributed by atoms with Gasteiger partial charge in [-0.25, -0.2) is 0 Å². The fraction of sp³-hybridized carbons (Fsp3) is 0.889. The second kappa shape index (κ2) is 5.99. The minimum absolute atomic E-state index is 0.0383. The van der Waals surface area contributed by atoms with Gasteiger partial charge < -0.3 is 20.1 Å². The Morgan fingerprint density at radius 3 is 2.25 bits per heavy atom. The average molecular weight is 342 g/mol. The van der Waals surface area contributed by atoms with Crippen molar-refractivity contribution in [1.29, 1.82) is 0 Å². The number of rotatable bonds is 3. The van der Waals surface area contributed by atoms with Gasteiger partial charge in [0.2, 0.25) is 0 Å². The molecular formula is C18H30O6.